The van der Waals surface area contributed by atoms with Crippen molar-refractivity contribution in [3.05, 3.63) is 12.3 Å². The molecule has 0 saturated carbocycles. The number of rotatable bonds is 0. The van der Waals surface area contributed by atoms with Gasteiger partial charge in [-0.15, -0.1) is 0 Å². The van der Waals surface area contributed by atoms with Gasteiger partial charge in [0.2, 0.25) is 0 Å². The van der Waals surface area contributed by atoms with Gasteiger partial charge in [0.1, 0.15) is 0 Å². The Labute approximate surface area is 49.3 Å². The normalized spacial score (nSPS) is 27.6. The molecule has 44 valence electrons. The lowest BCUT2D eigenvalue weighted by atomic mass is 10.1. The van der Waals surface area contributed by atoms with Crippen LogP contribution >= 0.6 is 0 Å². The Morgan fingerprint density at radius 1 is 2.00 bits per heavy atom. The number of nitrogens with one attached hydrogen (secondary N) is 1. The van der Waals surface area contributed by atoms with Gasteiger partial charge in [-0.2, -0.15) is 0 Å². The van der Waals surface area contributed by atoms with Gasteiger partial charge in [0.05, 0.1) is 6.34 Å². The molecule has 1 rings (SSSR count). The maximum absolute atomic E-state index is 4.01. The van der Waals surface area contributed by atoms with Crippen LogP contribution in [0.15, 0.2) is 17.3 Å². The summed E-state index contributed by atoms with van der Waals surface area (Å²) in [6.07, 6.45) is 1.70. The minimum absolute atomic E-state index is 0.500. The van der Waals surface area contributed by atoms with Crippen molar-refractivity contribution in [2.75, 3.05) is 6.54 Å². The van der Waals surface area contributed by atoms with Crippen molar-refractivity contribution in [1.82, 2.24) is 5.32 Å². The molecular weight excluding hydrogens is 100 g/mol. The molecule has 0 radical (unpaired) electrons. The summed E-state index contributed by atoms with van der Waals surface area (Å²) in [5.74, 6) is 0.500. The highest BCUT2D eigenvalue weighted by atomic mass is 15.0. The van der Waals surface area contributed by atoms with Gasteiger partial charge in [-0.05, 0) is 0 Å². The Morgan fingerprint density at radius 2 is 2.75 bits per heavy atom. The second-order valence-electron chi connectivity index (χ2n) is 2.06. The number of aliphatic imine (C=N–C) groups is 1. The average molecular weight is 110 g/mol. The molecule has 1 atom stereocenters. The summed E-state index contributed by atoms with van der Waals surface area (Å²) in [6, 6.07) is 0. The standard InChI is InChI=1S/C6H10N2/c1-5-3-7-4-8-6(5)2/h4-5H,2-3H2,1H3,(H,7,8)/t5-/m0/s1. The van der Waals surface area contributed by atoms with E-state index in [1.807, 2.05) is 0 Å². The van der Waals surface area contributed by atoms with E-state index in [0.717, 1.165) is 12.2 Å². The molecule has 0 aromatic rings. The van der Waals surface area contributed by atoms with Crippen LogP contribution in [-0.4, -0.2) is 12.9 Å². The summed E-state index contributed by atoms with van der Waals surface area (Å²) >= 11 is 0. The highest BCUT2D eigenvalue weighted by Crippen LogP contribution is 2.06. The molecule has 1 aliphatic rings. The molecule has 2 heteroatoms. The predicted octanol–water partition coefficient (Wildman–Crippen LogP) is 0.768. The van der Waals surface area contributed by atoms with Crippen LogP contribution < -0.4 is 5.32 Å². The van der Waals surface area contributed by atoms with Gasteiger partial charge in [0.25, 0.3) is 0 Å². The minimum Gasteiger partial charge on any atom is -0.350 e. The Balaban J connectivity index is 2.57. The van der Waals surface area contributed by atoms with Crippen molar-refractivity contribution < 1.29 is 0 Å². The third-order valence-corrected chi connectivity index (χ3v) is 1.32. The van der Waals surface area contributed by atoms with E-state index < -0.39 is 0 Å². The third kappa shape index (κ3) is 0.886. The molecule has 0 aromatic carbocycles. The molecule has 0 bridgehead atoms. The van der Waals surface area contributed by atoms with E-state index in [1.54, 1.807) is 6.34 Å². The summed E-state index contributed by atoms with van der Waals surface area (Å²) in [5, 5.41) is 2.95. The molecule has 0 unspecified atom stereocenters. The van der Waals surface area contributed by atoms with Gasteiger partial charge < -0.3 is 5.32 Å². The van der Waals surface area contributed by atoms with E-state index in [9.17, 15) is 0 Å². The topological polar surface area (TPSA) is 24.4 Å². The fraction of sp³-hybridized carbons (Fsp3) is 0.500. The molecule has 0 aliphatic carbocycles. The van der Waals surface area contributed by atoms with Crippen molar-refractivity contribution in [1.29, 1.82) is 0 Å². The molecule has 0 fully saturated rings. The van der Waals surface area contributed by atoms with Gasteiger partial charge >= 0.3 is 0 Å². The summed E-state index contributed by atoms with van der Waals surface area (Å²) in [5.41, 5.74) is 1.07. The van der Waals surface area contributed by atoms with Crippen molar-refractivity contribution in [2.45, 2.75) is 6.92 Å². The van der Waals surface area contributed by atoms with Gasteiger partial charge in [-0.25, -0.2) is 0 Å². The first-order valence-electron chi connectivity index (χ1n) is 2.74. The van der Waals surface area contributed by atoms with Crippen LogP contribution in [0.1, 0.15) is 6.92 Å². The molecule has 2 nitrogen and oxygen atoms in total. The summed E-state index contributed by atoms with van der Waals surface area (Å²) in [6.45, 7) is 6.78. The fourth-order valence-electron chi connectivity index (χ4n) is 0.592. The van der Waals surface area contributed by atoms with Crippen LogP contribution in [0.4, 0.5) is 0 Å². The van der Waals surface area contributed by atoms with Gasteiger partial charge in [0.15, 0.2) is 0 Å². The smallest absolute Gasteiger partial charge is 0.0865 e. The number of hydrogen-bond acceptors (Lipinski definition) is 2. The van der Waals surface area contributed by atoms with Gasteiger partial charge in [0, 0.05) is 18.2 Å². The zero-order valence-electron chi connectivity index (χ0n) is 5.02. The number of nitrogens with zero attached hydrogens (tertiary/aromatic N) is 1. The fourth-order valence-corrected chi connectivity index (χ4v) is 0.592. The Bertz CT molecular complexity index is 126. The molecule has 1 aliphatic heterocycles. The summed E-state index contributed by atoms with van der Waals surface area (Å²) in [7, 11) is 0. The lowest BCUT2D eigenvalue weighted by Gasteiger charge is -2.15. The Hall–Kier alpha value is -0.790. The van der Waals surface area contributed by atoms with Crippen LogP contribution in [0.3, 0.4) is 0 Å². The minimum atomic E-state index is 0.500. The predicted molar refractivity (Wildman–Crippen MR) is 34.8 cm³/mol. The Kier molecular flexibility index (Phi) is 1.33. The van der Waals surface area contributed by atoms with E-state index in [-0.39, 0.29) is 0 Å². The lowest BCUT2D eigenvalue weighted by Crippen LogP contribution is -2.22. The van der Waals surface area contributed by atoms with E-state index in [0.29, 0.717) is 5.92 Å². The molecular formula is C6H10N2. The van der Waals surface area contributed by atoms with Gasteiger partial charge in [-0.3, -0.25) is 4.99 Å². The van der Waals surface area contributed by atoms with Crippen LogP contribution in [0.2, 0.25) is 0 Å². The molecule has 1 heterocycles. The third-order valence-electron chi connectivity index (χ3n) is 1.32. The summed E-state index contributed by atoms with van der Waals surface area (Å²) < 4.78 is 0. The van der Waals surface area contributed by atoms with Crippen molar-refractivity contribution >= 4 is 6.34 Å². The first kappa shape index (κ1) is 5.35. The monoisotopic (exact) mass is 110 g/mol. The second kappa shape index (κ2) is 1.99. The molecule has 0 amide bonds. The summed E-state index contributed by atoms with van der Waals surface area (Å²) in [4.78, 5) is 4.01. The highest BCUT2D eigenvalue weighted by Gasteiger charge is 2.06. The van der Waals surface area contributed by atoms with Crippen molar-refractivity contribution in [3.63, 3.8) is 0 Å². The van der Waals surface area contributed by atoms with Crippen molar-refractivity contribution in [2.24, 2.45) is 10.9 Å². The zero-order valence-corrected chi connectivity index (χ0v) is 5.02. The second-order valence-corrected chi connectivity index (χ2v) is 2.06. The first-order valence-corrected chi connectivity index (χ1v) is 2.74. The molecule has 0 saturated heterocycles. The van der Waals surface area contributed by atoms with Crippen molar-refractivity contribution in [3.8, 4) is 0 Å². The van der Waals surface area contributed by atoms with E-state index in [4.69, 9.17) is 0 Å². The zero-order chi connectivity index (χ0) is 5.98. The highest BCUT2D eigenvalue weighted by molar-refractivity contribution is 5.58. The quantitative estimate of drug-likeness (QED) is 0.489. The molecule has 0 aromatic heterocycles. The van der Waals surface area contributed by atoms with E-state index >= 15 is 0 Å². The van der Waals surface area contributed by atoms with Crippen LogP contribution in [0.25, 0.3) is 0 Å². The molecule has 1 N–H and O–H groups in total. The van der Waals surface area contributed by atoms with E-state index in [2.05, 4.69) is 23.8 Å². The first-order chi connectivity index (χ1) is 3.80. The molecule has 0 spiro atoms. The number of hydrogen-bond donors (Lipinski definition) is 1. The van der Waals surface area contributed by atoms with Crippen LogP contribution in [0.5, 0.6) is 0 Å². The largest absolute Gasteiger partial charge is 0.350 e. The van der Waals surface area contributed by atoms with Crippen LogP contribution in [0, 0.1) is 5.92 Å². The van der Waals surface area contributed by atoms with E-state index in [1.165, 1.54) is 0 Å². The molecule has 8 heavy (non-hydrogen) atoms. The average Bonchev–Trinajstić information content (AvgIpc) is 1.77. The maximum atomic E-state index is 4.01. The van der Waals surface area contributed by atoms with Crippen LogP contribution in [-0.2, 0) is 0 Å². The maximum Gasteiger partial charge on any atom is 0.0865 e. The Morgan fingerprint density at radius 3 is 3.12 bits per heavy atom. The lowest BCUT2D eigenvalue weighted by molar-refractivity contribution is 0.648. The van der Waals surface area contributed by atoms with Gasteiger partial charge in [-0.1, -0.05) is 13.5 Å². The SMILES string of the molecule is C=C1NC=NC[C@@H]1C.